The fourth-order valence-electron chi connectivity index (χ4n) is 1.58. The Morgan fingerprint density at radius 1 is 1.19 bits per heavy atom. The van der Waals surface area contributed by atoms with Crippen LogP contribution in [0, 0.1) is 15.9 Å². The van der Waals surface area contributed by atoms with Crippen molar-refractivity contribution in [3.63, 3.8) is 0 Å². The molecule has 0 saturated heterocycles. The van der Waals surface area contributed by atoms with Gasteiger partial charge in [-0.05, 0) is 40.2 Å². The van der Waals surface area contributed by atoms with Gasteiger partial charge in [-0.1, -0.05) is 15.9 Å². The van der Waals surface area contributed by atoms with E-state index in [0.717, 1.165) is 22.7 Å². The molecule has 5 nitrogen and oxygen atoms in total. The summed E-state index contributed by atoms with van der Waals surface area (Å²) in [4.78, 5) is 22.1. The number of nitrogens with one attached hydrogen (secondary N) is 1. The predicted octanol–water partition coefficient (Wildman–Crippen LogP) is 4.51. The molecular formula is C13H7Br2FN2O3. The van der Waals surface area contributed by atoms with E-state index < -0.39 is 22.2 Å². The van der Waals surface area contributed by atoms with E-state index in [1.807, 2.05) is 0 Å². The molecule has 0 radical (unpaired) electrons. The zero-order chi connectivity index (χ0) is 15.6. The number of hydrogen-bond acceptors (Lipinski definition) is 3. The molecule has 2 aromatic carbocycles. The van der Waals surface area contributed by atoms with E-state index in [0.29, 0.717) is 10.2 Å². The molecule has 0 aromatic heterocycles. The molecule has 8 heteroatoms. The second-order valence-corrected chi connectivity index (χ2v) is 5.77. The van der Waals surface area contributed by atoms with Gasteiger partial charge in [0.05, 0.1) is 16.2 Å². The van der Waals surface area contributed by atoms with Gasteiger partial charge in [-0.15, -0.1) is 0 Å². The van der Waals surface area contributed by atoms with Crippen molar-refractivity contribution in [2.24, 2.45) is 0 Å². The number of carbonyl (C=O) groups is 1. The number of hydrogen-bond donors (Lipinski definition) is 1. The predicted molar refractivity (Wildman–Crippen MR) is 82.8 cm³/mol. The summed E-state index contributed by atoms with van der Waals surface area (Å²) in [6.07, 6.45) is 0. The molecule has 0 saturated carbocycles. The topological polar surface area (TPSA) is 72.2 Å². The maximum Gasteiger partial charge on any atom is 0.270 e. The van der Waals surface area contributed by atoms with Gasteiger partial charge < -0.3 is 5.32 Å². The molecule has 2 rings (SSSR count). The SMILES string of the molecule is O=C(Nc1cc(Br)ccc1Br)c1cc([N+](=O)[O-])ccc1F. The molecule has 108 valence electrons. The summed E-state index contributed by atoms with van der Waals surface area (Å²) >= 11 is 6.50. The third-order valence-electron chi connectivity index (χ3n) is 2.58. The van der Waals surface area contributed by atoms with Crippen molar-refractivity contribution < 1.29 is 14.1 Å². The largest absolute Gasteiger partial charge is 0.321 e. The molecule has 0 aliphatic heterocycles. The number of nitrogens with zero attached hydrogens (tertiary/aromatic N) is 1. The number of halogens is 3. The Hall–Kier alpha value is -1.80. The molecule has 0 unspecified atom stereocenters. The number of amides is 1. The van der Waals surface area contributed by atoms with Crippen molar-refractivity contribution in [2.45, 2.75) is 0 Å². The van der Waals surface area contributed by atoms with Crippen molar-refractivity contribution in [3.05, 3.63) is 66.8 Å². The molecule has 0 heterocycles. The Kier molecular flexibility index (Phi) is 4.69. The lowest BCUT2D eigenvalue weighted by atomic mass is 10.1. The summed E-state index contributed by atoms with van der Waals surface area (Å²) in [6, 6.07) is 7.87. The van der Waals surface area contributed by atoms with Crippen LogP contribution in [-0.4, -0.2) is 10.8 Å². The Bertz CT molecular complexity index is 737. The summed E-state index contributed by atoms with van der Waals surface area (Å²) in [6.45, 7) is 0. The third-order valence-corrected chi connectivity index (χ3v) is 3.77. The molecule has 0 atom stereocenters. The Morgan fingerprint density at radius 3 is 2.57 bits per heavy atom. The molecule has 1 N–H and O–H groups in total. The van der Waals surface area contributed by atoms with Crippen molar-refractivity contribution in [1.82, 2.24) is 0 Å². The molecule has 0 fully saturated rings. The van der Waals surface area contributed by atoms with Gasteiger partial charge in [0.25, 0.3) is 11.6 Å². The summed E-state index contributed by atoms with van der Waals surface area (Å²) in [5.41, 5.74) is -0.328. The lowest BCUT2D eigenvalue weighted by molar-refractivity contribution is -0.384. The van der Waals surface area contributed by atoms with Crippen LogP contribution in [0.15, 0.2) is 45.3 Å². The average Bonchev–Trinajstić information content (AvgIpc) is 2.43. The molecular weight excluding hydrogens is 411 g/mol. The molecule has 1 amide bonds. The number of nitro groups is 1. The van der Waals surface area contributed by atoms with E-state index in [2.05, 4.69) is 37.2 Å². The lowest BCUT2D eigenvalue weighted by Crippen LogP contribution is -2.14. The highest BCUT2D eigenvalue weighted by atomic mass is 79.9. The number of carbonyl (C=O) groups excluding carboxylic acids is 1. The maximum atomic E-state index is 13.7. The fourth-order valence-corrected chi connectivity index (χ4v) is 2.29. The van der Waals surface area contributed by atoms with Gasteiger partial charge in [-0.25, -0.2) is 4.39 Å². The lowest BCUT2D eigenvalue weighted by Gasteiger charge is -2.08. The van der Waals surface area contributed by atoms with Crippen LogP contribution in [0.25, 0.3) is 0 Å². The highest BCUT2D eigenvalue weighted by Gasteiger charge is 2.17. The monoisotopic (exact) mass is 416 g/mol. The summed E-state index contributed by atoms with van der Waals surface area (Å²) < 4.78 is 15.0. The Labute approximate surface area is 135 Å². The normalized spacial score (nSPS) is 10.2. The second-order valence-electron chi connectivity index (χ2n) is 4.00. The van der Waals surface area contributed by atoms with Crippen LogP contribution in [0.5, 0.6) is 0 Å². The number of rotatable bonds is 3. The van der Waals surface area contributed by atoms with Crippen molar-refractivity contribution in [1.29, 1.82) is 0 Å². The fraction of sp³-hybridized carbons (Fsp3) is 0. The van der Waals surface area contributed by atoms with Gasteiger partial charge in [-0.2, -0.15) is 0 Å². The first-order valence-electron chi connectivity index (χ1n) is 5.59. The van der Waals surface area contributed by atoms with Crippen LogP contribution in [-0.2, 0) is 0 Å². The molecule has 0 aliphatic rings. The third kappa shape index (κ3) is 3.64. The zero-order valence-corrected chi connectivity index (χ0v) is 13.4. The van der Waals surface area contributed by atoms with E-state index >= 15 is 0 Å². The minimum atomic E-state index is -0.829. The Morgan fingerprint density at radius 2 is 1.90 bits per heavy atom. The van der Waals surface area contributed by atoms with Crippen molar-refractivity contribution in [3.8, 4) is 0 Å². The van der Waals surface area contributed by atoms with Crippen molar-refractivity contribution in [2.75, 3.05) is 5.32 Å². The average molecular weight is 418 g/mol. The summed E-state index contributed by atoms with van der Waals surface area (Å²) in [5, 5.41) is 13.2. The van der Waals surface area contributed by atoms with E-state index in [-0.39, 0.29) is 5.69 Å². The first-order valence-corrected chi connectivity index (χ1v) is 7.17. The van der Waals surface area contributed by atoms with Crippen LogP contribution in [0.1, 0.15) is 10.4 Å². The highest BCUT2D eigenvalue weighted by Crippen LogP contribution is 2.27. The van der Waals surface area contributed by atoms with Crippen LogP contribution >= 0.6 is 31.9 Å². The molecule has 0 bridgehead atoms. The minimum absolute atomic E-state index is 0.352. The van der Waals surface area contributed by atoms with Gasteiger partial charge in [0.1, 0.15) is 5.82 Å². The molecule has 0 spiro atoms. The van der Waals surface area contributed by atoms with Crippen molar-refractivity contribution >= 4 is 49.1 Å². The van der Waals surface area contributed by atoms with E-state index in [1.54, 1.807) is 18.2 Å². The summed E-state index contributed by atoms with van der Waals surface area (Å²) in [5.74, 6) is -1.60. The van der Waals surface area contributed by atoms with Crippen LogP contribution in [0.4, 0.5) is 15.8 Å². The number of benzene rings is 2. The first-order chi connectivity index (χ1) is 9.88. The minimum Gasteiger partial charge on any atom is -0.321 e. The Balaban J connectivity index is 2.34. The second kappa shape index (κ2) is 6.31. The standard InChI is InChI=1S/C13H7Br2FN2O3/c14-7-1-3-10(15)12(5-7)17-13(19)9-6-8(18(20)21)2-4-11(9)16/h1-6H,(H,17,19). The van der Waals surface area contributed by atoms with E-state index in [1.165, 1.54) is 0 Å². The number of non-ortho nitro benzene ring substituents is 1. The van der Waals surface area contributed by atoms with Gasteiger partial charge in [0.15, 0.2) is 0 Å². The molecule has 0 aliphatic carbocycles. The van der Waals surface area contributed by atoms with Gasteiger partial charge >= 0.3 is 0 Å². The van der Waals surface area contributed by atoms with E-state index in [4.69, 9.17) is 0 Å². The van der Waals surface area contributed by atoms with Crippen LogP contribution < -0.4 is 5.32 Å². The van der Waals surface area contributed by atoms with Gasteiger partial charge in [0.2, 0.25) is 0 Å². The molecule has 21 heavy (non-hydrogen) atoms. The van der Waals surface area contributed by atoms with Gasteiger partial charge in [0, 0.05) is 21.1 Å². The maximum absolute atomic E-state index is 13.7. The summed E-state index contributed by atoms with van der Waals surface area (Å²) in [7, 11) is 0. The van der Waals surface area contributed by atoms with Crippen LogP contribution in [0.2, 0.25) is 0 Å². The van der Waals surface area contributed by atoms with Gasteiger partial charge in [-0.3, -0.25) is 14.9 Å². The number of nitro benzene ring substituents is 1. The first kappa shape index (κ1) is 15.6. The van der Waals surface area contributed by atoms with Crippen LogP contribution in [0.3, 0.4) is 0 Å². The molecule has 2 aromatic rings. The van der Waals surface area contributed by atoms with E-state index in [9.17, 15) is 19.3 Å². The zero-order valence-electron chi connectivity index (χ0n) is 10.3. The highest BCUT2D eigenvalue weighted by molar-refractivity contribution is 9.11. The smallest absolute Gasteiger partial charge is 0.270 e. The number of anilines is 1. The quantitative estimate of drug-likeness (QED) is 0.589.